The first-order chi connectivity index (χ1) is 17.5. The second-order valence-electron chi connectivity index (χ2n) is 8.60. The fourth-order valence-corrected chi connectivity index (χ4v) is 4.53. The summed E-state index contributed by atoms with van der Waals surface area (Å²) in [7, 11) is 0. The van der Waals surface area contributed by atoms with Crippen molar-refractivity contribution in [3.8, 4) is 34.3 Å². The number of piperazine rings is 1. The third-order valence-corrected chi connectivity index (χ3v) is 6.40. The van der Waals surface area contributed by atoms with Gasteiger partial charge in [0.1, 0.15) is 17.6 Å². The Hall–Kier alpha value is -4.55. The number of nitrogens with one attached hydrogen (secondary N) is 1. The lowest BCUT2D eigenvalue weighted by molar-refractivity contribution is 0.107. The van der Waals surface area contributed by atoms with Gasteiger partial charge in [0.05, 0.1) is 22.8 Å². The molecule has 36 heavy (non-hydrogen) atoms. The molecule has 9 nitrogen and oxygen atoms in total. The Morgan fingerprint density at radius 3 is 2.44 bits per heavy atom. The minimum Gasteiger partial charge on any atom is -0.508 e. The van der Waals surface area contributed by atoms with Crippen LogP contribution in [0, 0.1) is 11.3 Å². The molecule has 0 radical (unpaired) electrons. The highest BCUT2D eigenvalue weighted by Crippen LogP contribution is 2.44. The van der Waals surface area contributed by atoms with Crippen molar-refractivity contribution in [2.75, 3.05) is 44.6 Å². The number of furan rings is 1. The van der Waals surface area contributed by atoms with E-state index in [1.54, 1.807) is 24.3 Å². The molecule has 3 N–H and O–H groups in total. The Balaban J connectivity index is 1.51. The lowest BCUT2D eigenvalue weighted by atomic mass is 9.97. The number of fused-ring (bicyclic) bond motifs is 1. The number of phenolic OH excluding ortho intramolecular Hbond substituents is 1. The number of nitrogens with zero attached hydrogens (tertiary/aromatic N) is 4. The highest BCUT2D eigenvalue weighted by atomic mass is 16.4. The third-order valence-electron chi connectivity index (χ3n) is 6.40. The molecule has 182 valence electrons. The molecule has 0 atom stereocenters. The summed E-state index contributed by atoms with van der Waals surface area (Å²) in [5, 5.41) is 32.9. The number of nitriles is 1. The van der Waals surface area contributed by atoms with E-state index < -0.39 is 6.09 Å². The number of hydrogen-bond acceptors (Lipinski definition) is 7. The van der Waals surface area contributed by atoms with Crippen LogP contribution in [0.5, 0.6) is 5.75 Å². The largest absolute Gasteiger partial charge is 0.508 e. The quantitative estimate of drug-likeness (QED) is 0.367. The average Bonchev–Trinajstić information content (AvgIpc) is 3.30. The van der Waals surface area contributed by atoms with Crippen LogP contribution in [0.3, 0.4) is 0 Å². The minimum absolute atomic E-state index is 0.160. The van der Waals surface area contributed by atoms with Crippen LogP contribution < -0.4 is 5.32 Å². The SMILES string of the molecule is N#Cc1cnc2oc(-c3ccc(O)cc3)c(-c3ccccc3)c2c1NCCN1CCN(C(=O)O)CC1. The number of amides is 1. The number of aromatic nitrogens is 1. The Bertz CT molecular complexity index is 1420. The summed E-state index contributed by atoms with van der Waals surface area (Å²) in [5.41, 5.74) is 3.99. The molecule has 4 aromatic rings. The van der Waals surface area contributed by atoms with Crippen molar-refractivity contribution in [3.63, 3.8) is 0 Å². The number of aromatic hydroxyl groups is 1. The molecule has 9 heteroatoms. The zero-order valence-corrected chi connectivity index (χ0v) is 19.5. The van der Waals surface area contributed by atoms with Gasteiger partial charge in [0.2, 0.25) is 5.71 Å². The van der Waals surface area contributed by atoms with E-state index in [1.165, 1.54) is 11.1 Å². The maximum Gasteiger partial charge on any atom is 0.407 e. The Morgan fingerprint density at radius 2 is 1.78 bits per heavy atom. The molecule has 5 rings (SSSR count). The lowest BCUT2D eigenvalue weighted by Crippen LogP contribution is -2.49. The van der Waals surface area contributed by atoms with Crippen molar-refractivity contribution < 1.29 is 19.4 Å². The molecule has 3 heterocycles. The van der Waals surface area contributed by atoms with Gasteiger partial charge in [0.15, 0.2) is 0 Å². The van der Waals surface area contributed by atoms with Crippen LogP contribution in [-0.4, -0.2) is 70.4 Å². The van der Waals surface area contributed by atoms with Gasteiger partial charge in [-0.05, 0) is 29.8 Å². The molecule has 1 fully saturated rings. The summed E-state index contributed by atoms with van der Waals surface area (Å²) >= 11 is 0. The van der Waals surface area contributed by atoms with Crippen LogP contribution in [0.25, 0.3) is 33.6 Å². The lowest BCUT2D eigenvalue weighted by Gasteiger charge is -2.33. The molecule has 1 amide bonds. The Kier molecular flexibility index (Phi) is 6.43. The van der Waals surface area contributed by atoms with Crippen LogP contribution in [0.2, 0.25) is 0 Å². The van der Waals surface area contributed by atoms with Gasteiger partial charge < -0.3 is 24.8 Å². The smallest absolute Gasteiger partial charge is 0.407 e. The molecule has 1 saturated heterocycles. The summed E-state index contributed by atoms with van der Waals surface area (Å²) in [4.78, 5) is 19.2. The number of carboxylic acid groups (broad SMARTS) is 1. The fraction of sp³-hybridized carbons (Fsp3) is 0.222. The zero-order valence-electron chi connectivity index (χ0n) is 19.5. The number of phenols is 1. The molecule has 2 aromatic carbocycles. The second-order valence-corrected chi connectivity index (χ2v) is 8.60. The standard InChI is InChI=1S/C27H25N5O4/c28-16-20-17-30-26-23(24(20)29-10-11-31-12-14-32(15-13-31)27(34)35)22(18-4-2-1-3-5-18)25(36-26)19-6-8-21(33)9-7-19/h1-9,17,33H,10-15H2,(H,29,30)(H,34,35). The van der Waals surface area contributed by atoms with Crippen molar-refractivity contribution >= 4 is 22.9 Å². The van der Waals surface area contributed by atoms with E-state index >= 15 is 0 Å². The highest BCUT2D eigenvalue weighted by molar-refractivity contribution is 6.08. The zero-order chi connectivity index (χ0) is 25.1. The molecule has 0 saturated carbocycles. The molecular formula is C27H25N5O4. The number of carbonyl (C=O) groups is 1. The first kappa shape index (κ1) is 23.2. The fourth-order valence-electron chi connectivity index (χ4n) is 4.53. The Morgan fingerprint density at radius 1 is 1.06 bits per heavy atom. The van der Waals surface area contributed by atoms with Gasteiger partial charge >= 0.3 is 6.09 Å². The molecule has 0 unspecified atom stereocenters. The van der Waals surface area contributed by atoms with Gasteiger partial charge in [0.25, 0.3) is 0 Å². The third kappa shape index (κ3) is 4.54. The summed E-state index contributed by atoms with van der Waals surface area (Å²) in [5.74, 6) is 0.763. The first-order valence-corrected chi connectivity index (χ1v) is 11.7. The molecular weight excluding hydrogens is 458 g/mol. The van der Waals surface area contributed by atoms with Gasteiger partial charge in [-0.1, -0.05) is 30.3 Å². The van der Waals surface area contributed by atoms with E-state index in [0.717, 1.165) is 22.1 Å². The van der Waals surface area contributed by atoms with Crippen LogP contribution in [-0.2, 0) is 0 Å². The molecule has 2 aromatic heterocycles. The van der Waals surface area contributed by atoms with Crippen molar-refractivity contribution in [1.29, 1.82) is 5.26 Å². The van der Waals surface area contributed by atoms with Crippen molar-refractivity contribution in [3.05, 3.63) is 66.4 Å². The maximum atomic E-state index is 11.2. The van der Waals surface area contributed by atoms with Crippen LogP contribution in [0.1, 0.15) is 5.56 Å². The Labute approximate surface area is 207 Å². The maximum absolute atomic E-state index is 11.2. The van der Waals surface area contributed by atoms with Gasteiger partial charge in [-0.2, -0.15) is 5.26 Å². The molecule has 1 aliphatic heterocycles. The van der Waals surface area contributed by atoms with E-state index in [2.05, 4.69) is 21.3 Å². The van der Waals surface area contributed by atoms with E-state index in [1.807, 2.05) is 30.3 Å². The number of anilines is 1. The first-order valence-electron chi connectivity index (χ1n) is 11.7. The van der Waals surface area contributed by atoms with Crippen LogP contribution in [0.4, 0.5) is 10.5 Å². The average molecular weight is 484 g/mol. The van der Waals surface area contributed by atoms with Crippen LogP contribution in [0.15, 0.2) is 65.2 Å². The van der Waals surface area contributed by atoms with E-state index in [4.69, 9.17) is 9.52 Å². The number of hydrogen-bond donors (Lipinski definition) is 3. The van der Waals surface area contributed by atoms with Crippen molar-refractivity contribution in [2.24, 2.45) is 0 Å². The summed E-state index contributed by atoms with van der Waals surface area (Å²) < 4.78 is 6.24. The van der Waals surface area contributed by atoms with Crippen molar-refractivity contribution in [2.45, 2.75) is 0 Å². The van der Waals surface area contributed by atoms with Crippen LogP contribution >= 0.6 is 0 Å². The second kappa shape index (κ2) is 9.98. The highest BCUT2D eigenvalue weighted by Gasteiger charge is 2.24. The van der Waals surface area contributed by atoms with E-state index in [-0.39, 0.29) is 5.75 Å². The van der Waals surface area contributed by atoms with Gasteiger partial charge in [0, 0.05) is 50.4 Å². The number of pyridine rings is 1. The summed E-state index contributed by atoms with van der Waals surface area (Å²) in [6.45, 7) is 3.55. The topological polar surface area (TPSA) is 126 Å². The number of rotatable bonds is 6. The van der Waals surface area contributed by atoms with Gasteiger partial charge in [-0.25, -0.2) is 9.78 Å². The number of benzene rings is 2. The monoisotopic (exact) mass is 483 g/mol. The van der Waals surface area contributed by atoms with Crippen molar-refractivity contribution in [1.82, 2.24) is 14.8 Å². The predicted octanol–water partition coefficient (Wildman–Crippen LogP) is 4.45. The molecule has 0 spiro atoms. The van der Waals surface area contributed by atoms with Gasteiger partial charge in [-0.15, -0.1) is 0 Å². The minimum atomic E-state index is -0.886. The predicted molar refractivity (Wildman–Crippen MR) is 136 cm³/mol. The molecule has 1 aliphatic rings. The molecule has 0 aliphatic carbocycles. The van der Waals surface area contributed by atoms with E-state index in [9.17, 15) is 15.2 Å². The van der Waals surface area contributed by atoms with E-state index in [0.29, 0.717) is 62.0 Å². The summed E-state index contributed by atoms with van der Waals surface area (Å²) in [6, 6.07) is 18.8. The normalized spacial score (nSPS) is 14.0. The molecule has 0 bridgehead atoms. The van der Waals surface area contributed by atoms with Gasteiger partial charge in [-0.3, -0.25) is 4.90 Å². The summed E-state index contributed by atoms with van der Waals surface area (Å²) in [6.07, 6.45) is 0.623.